The standard InChI is InChI=1S/C14H12N2O5/c1-9-2-7-13(21-14(17)18)12(15-9)8-10-3-5-11(6-4-10)16(19)20/h2-7H,8H2,1H3,(H,17,18). The number of aromatic nitrogens is 1. The Kier molecular flexibility index (Phi) is 4.13. The van der Waals surface area contributed by atoms with Gasteiger partial charge in [-0.1, -0.05) is 12.1 Å². The molecule has 0 aliphatic carbocycles. The van der Waals surface area contributed by atoms with Crippen LogP contribution in [-0.2, 0) is 6.42 Å². The van der Waals surface area contributed by atoms with Gasteiger partial charge < -0.3 is 9.84 Å². The highest BCUT2D eigenvalue weighted by Crippen LogP contribution is 2.22. The number of non-ortho nitro benzene ring substituents is 1. The Morgan fingerprint density at radius 3 is 2.52 bits per heavy atom. The van der Waals surface area contributed by atoms with Gasteiger partial charge in [0, 0.05) is 24.2 Å². The number of ether oxygens (including phenoxy) is 1. The third kappa shape index (κ3) is 3.75. The minimum absolute atomic E-state index is 0.00189. The molecule has 0 atom stereocenters. The van der Waals surface area contributed by atoms with Gasteiger partial charge in [0.05, 0.1) is 10.6 Å². The highest BCUT2D eigenvalue weighted by Gasteiger charge is 2.11. The van der Waals surface area contributed by atoms with Crippen LogP contribution in [0.4, 0.5) is 10.5 Å². The molecule has 1 aromatic heterocycles. The van der Waals surface area contributed by atoms with Crippen LogP contribution in [0.5, 0.6) is 5.75 Å². The van der Waals surface area contributed by atoms with Crippen molar-refractivity contribution in [2.24, 2.45) is 0 Å². The summed E-state index contributed by atoms with van der Waals surface area (Å²) < 4.78 is 4.68. The number of rotatable bonds is 4. The maximum Gasteiger partial charge on any atom is 0.511 e. The predicted octanol–water partition coefficient (Wildman–Crippen LogP) is 2.95. The first kappa shape index (κ1) is 14.4. The molecule has 1 heterocycles. The van der Waals surface area contributed by atoms with Crippen molar-refractivity contribution in [1.82, 2.24) is 4.98 Å². The van der Waals surface area contributed by atoms with Crippen LogP contribution in [-0.4, -0.2) is 21.2 Å². The molecule has 0 unspecified atom stereocenters. The molecule has 0 aliphatic heterocycles. The maximum absolute atomic E-state index is 10.7. The molecule has 0 aliphatic rings. The number of aryl methyl sites for hydroxylation is 1. The summed E-state index contributed by atoms with van der Waals surface area (Å²) in [5.41, 5.74) is 1.96. The fourth-order valence-corrected chi connectivity index (χ4v) is 1.84. The van der Waals surface area contributed by atoms with Gasteiger partial charge in [0.1, 0.15) is 0 Å². The second-order valence-corrected chi connectivity index (χ2v) is 4.37. The maximum atomic E-state index is 10.7. The lowest BCUT2D eigenvalue weighted by Crippen LogP contribution is -2.07. The van der Waals surface area contributed by atoms with E-state index < -0.39 is 11.1 Å². The number of nitrogens with zero attached hydrogens (tertiary/aromatic N) is 2. The molecule has 0 spiro atoms. The van der Waals surface area contributed by atoms with E-state index in [1.807, 2.05) is 0 Å². The van der Waals surface area contributed by atoms with E-state index in [-0.39, 0.29) is 11.4 Å². The van der Waals surface area contributed by atoms with Crippen molar-refractivity contribution in [3.63, 3.8) is 0 Å². The number of hydrogen-bond donors (Lipinski definition) is 1. The zero-order valence-electron chi connectivity index (χ0n) is 11.1. The van der Waals surface area contributed by atoms with Crippen LogP contribution in [0.15, 0.2) is 36.4 Å². The van der Waals surface area contributed by atoms with E-state index in [0.29, 0.717) is 12.1 Å². The van der Waals surface area contributed by atoms with E-state index in [9.17, 15) is 14.9 Å². The fourth-order valence-electron chi connectivity index (χ4n) is 1.84. The molecule has 2 rings (SSSR count). The van der Waals surface area contributed by atoms with Gasteiger partial charge in [-0.15, -0.1) is 0 Å². The molecule has 7 nitrogen and oxygen atoms in total. The highest BCUT2D eigenvalue weighted by atomic mass is 16.7. The van der Waals surface area contributed by atoms with Gasteiger partial charge in [-0.2, -0.15) is 0 Å². The van der Waals surface area contributed by atoms with E-state index in [0.717, 1.165) is 11.3 Å². The molecule has 0 saturated heterocycles. The lowest BCUT2D eigenvalue weighted by Gasteiger charge is -2.08. The summed E-state index contributed by atoms with van der Waals surface area (Å²) >= 11 is 0. The van der Waals surface area contributed by atoms with Crippen molar-refractivity contribution in [2.75, 3.05) is 0 Å². The van der Waals surface area contributed by atoms with E-state index in [2.05, 4.69) is 9.72 Å². The van der Waals surface area contributed by atoms with Crippen LogP contribution in [0.25, 0.3) is 0 Å². The third-order valence-electron chi connectivity index (χ3n) is 2.79. The van der Waals surface area contributed by atoms with Crippen molar-refractivity contribution < 1.29 is 19.6 Å². The molecule has 1 aromatic carbocycles. The molecular formula is C14H12N2O5. The lowest BCUT2D eigenvalue weighted by atomic mass is 10.1. The molecule has 7 heteroatoms. The van der Waals surface area contributed by atoms with Crippen LogP contribution < -0.4 is 4.74 Å². The van der Waals surface area contributed by atoms with Crippen LogP contribution in [0.2, 0.25) is 0 Å². The number of pyridine rings is 1. The van der Waals surface area contributed by atoms with Gasteiger partial charge in [-0.3, -0.25) is 15.1 Å². The average Bonchev–Trinajstić information content (AvgIpc) is 2.42. The number of hydrogen-bond acceptors (Lipinski definition) is 5. The Hall–Kier alpha value is -2.96. The molecule has 0 radical (unpaired) electrons. The highest BCUT2D eigenvalue weighted by molar-refractivity contribution is 5.61. The molecule has 0 fully saturated rings. The van der Waals surface area contributed by atoms with E-state index in [1.54, 1.807) is 25.1 Å². The van der Waals surface area contributed by atoms with Gasteiger partial charge in [0.15, 0.2) is 5.75 Å². The number of carbonyl (C=O) groups is 1. The van der Waals surface area contributed by atoms with Crippen LogP contribution in [0.1, 0.15) is 17.0 Å². The number of nitro benzene ring substituents is 1. The minimum Gasteiger partial charge on any atom is -0.449 e. The fraction of sp³-hybridized carbons (Fsp3) is 0.143. The molecular weight excluding hydrogens is 276 g/mol. The van der Waals surface area contributed by atoms with Crippen molar-refractivity contribution in [1.29, 1.82) is 0 Å². The third-order valence-corrected chi connectivity index (χ3v) is 2.79. The summed E-state index contributed by atoms with van der Waals surface area (Å²) in [5.74, 6) is 0.159. The Morgan fingerprint density at radius 2 is 1.95 bits per heavy atom. The molecule has 21 heavy (non-hydrogen) atoms. The summed E-state index contributed by atoms with van der Waals surface area (Å²) in [5, 5.41) is 19.3. The Bertz CT molecular complexity index is 682. The first-order chi connectivity index (χ1) is 9.95. The summed E-state index contributed by atoms with van der Waals surface area (Å²) in [6.07, 6.45) is -1.09. The number of carboxylic acid groups (broad SMARTS) is 1. The van der Waals surface area contributed by atoms with Crippen LogP contribution in [0, 0.1) is 17.0 Å². The minimum atomic E-state index is -1.41. The van der Waals surface area contributed by atoms with Gasteiger partial charge >= 0.3 is 6.16 Å². The second kappa shape index (κ2) is 6.00. The summed E-state index contributed by atoms with van der Waals surface area (Å²) in [6, 6.07) is 9.18. The number of benzene rings is 1. The predicted molar refractivity (Wildman–Crippen MR) is 73.5 cm³/mol. The van der Waals surface area contributed by atoms with E-state index in [1.165, 1.54) is 18.2 Å². The molecule has 2 aromatic rings. The summed E-state index contributed by atoms with van der Waals surface area (Å²) in [6.45, 7) is 1.78. The Balaban J connectivity index is 2.27. The van der Waals surface area contributed by atoms with Crippen LogP contribution >= 0.6 is 0 Å². The largest absolute Gasteiger partial charge is 0.511 e. The quantitative estimate of drug-likeness (QED) is 0.527. The zero-order valence-corrected chi connectivity index (χ0v) is 11.1. The molecule has 0 saturated carbocycles. The zero-order chi connectivity index (χ0) is 15.4. The molecule has 1 N–H and O–H groups in total. The topological polar surface area (TPSA) is 103 Å². The van der Waals surface area contributed by atoms with E-state index in [4.69, 9.17) is 5.11 Å². The average molecular weight is 288 g/mol. The molecule has 0 bridgehead atoms. The van der Waals surface area contributed by atoms with Crippen molar-refractivity contribution in [3.8, 4) is 5.75 Å². The molecule has 108 valence electrons. The van der Waals surface area contributed by atoms with Gasteiger partial charge in [-0.25, -0.2) is 4.79 Å². The monoisotopic (exact) mass is 288 g/mol. The van der Waals surface area contributed by atoms with Crippen molar-refractivity contribution in [3.05, 3.63) is 63.5 Å². The SMILES string of the molecule is Cc1ccc(OC(=O)O)c(Cc2ccc([N+](=O)[O-])cc2)n1. The first-order valence-electron chi connectivity index (χ1n) is 6.06. The normalized spacial score (nSPS) is 10.1. The Labute approximate surface area is 120 Å². The van der Waals surface area contributed by atoms with Gasteiger partial charge in [0.25, 0.3) is 5.69 Å². The number of nitro groups is 1. The van der Waals surface area contributed by atoms with Gasteiger partial charge in [0.2, 0.25) is 0 Å². The first-order valence-corrected chi connectivity index (χ1v) is 6.06. The second-order valence-electron chi connectivity index (χ2n) is 4.37. The van der Waals surface area contributed by atoms with E-state index >= 15 is 0 Å². The van der Waals surface area contributed by atoms with Crippen molar-refractivity contribution in [2.45, 2.75) is 13.3 Å². The lowest BCUT2D eigenvalue weighted by molar-refractivity contribution is -0.384. The summed E-state index contributed by atoms with van der Waals surface area (Å²) in [7, 11) is 0. The van der Waals surface area contributed by atoms with Crippen molar-refractivity contribution >= 4 is 11.8 Å². The Morgan fingerprint density at radius 1 is 1.29 bits per heavy atom. The molecule has 0 amide bonds. The van der Waals surface area contributed by atoms with Gasteiger partial charge in [-0.05, 0) is 24.6 Å². The van der Waals surface area contributed by atoms with Crippen LogP contribution in [0.3, 0.4) is 0 Å². The smallest absolute Gasteiger partial charge is 0.449 e. The summed E-state index contributed by atoms with van der Waals surface area (Å²) in [4.78, 5) is 25.0.